The van der Waals surface area contributed by atoms with Crippen LogP contribution in [0.15, 0.2) is 17.4 Å². The van der Waals surface area contributed by atoms with Crippen LogP contribution in [-0.4, -0.2) is 48.4 Å². The molecule has 0 aliphatic carbocycles. The summed E-state index contributed by atoms with van der Waals surface area (Å²) in [5.74, 6) is 0.939. The Balaban J connectivity index is 2.34. The van der Waals surface area contributed by atoms with Crippen LogP contribution >= 0.6 is 0 Å². The van der Waals surface area contributed by atoms with E-state index in [1.807, 2.05) is 18.0 Å². The number of nitrogens with zero attached hydrogens (tertiary/aromatic N) is 4. The minimum absolute atomic E-state index is 0.130. The van der Waals surface area contributed by atoms with Gasteiger partial charge in [0.2, 0.25) is 0 Å². The van der Waals surface area contributed by atoms with E-state index in [0.29, 0.717) is 13.1 Å². The highest BCUT2D eigenvalue weighted by molar-refractivity contribution is 5.78. The standard InChI is InChI=1S/C8H15N7O2/c1-9-8(13-15(16)17)10-5-6-14(2)7-3-4-11-12-7/h3-4H,5-6H2,1-2H3,(H,11,12)(H2,9,10,13). The van der Waals surface area contributed by atoms with Gasteiger partial charge in [-0.1, -0.05) is 0 Å². The van der Waals surface area contributed by atoms with Gasteiger partial charge in [-0.05, 0) is 0 Å². The predicted octanol–water partition coefficient (Wildman–Crippen LogP) is -0.797. The lowest BCUT2D eigenvalue weighted by atomic mass is 10.5. The number of H-pyrrole nitrogens is 1. The van der Waals surface area contributed by atoms with Crippen molar-refractivity contribution in [2.24, 2.45) is 5.10 Å². The van der Waals surface area contributed by atoms with Crippen molar-refractivity contribution in [3.05, 3.63) is 22.4 Å². The second kappa shape index (κ2) is 6.30. The molecule has 0 amide bonds. The highest BCUT2D eigenvalue weighted by Crippen LogP contribution is 2.03. The van der Waals surface area contributed by atoms with Crippen LogP contribution in [0, 0.1) is 10.1 Å². The average molecular weight is 241 g/mol. The summed E-state index contributed by atoms with van der Waals surface area (Å²) in [4.78, 5) is 12.1. The summed E-state index contributed by atoms with van der Waals surface area (Å²) in [5.41, 5.74) is 0. The molecule has 0 fully saturated rings. The van der Waals surface area contributed by atoms with Crippen LogP contribution < -0.4 is 15.5 Å². The minimum atomic E-state index is -0.754. The summed E-state index contributed by atoms with van der Waals surface area (Å²) in [7, 11) is 3.44. The van der Waals surface area contributed by atoms with Crippen LogP contribution in [0.3, 0.4) is 0 Å². The lowest BCUT2D eigenvalue weighted by molar-refractivity contribution is -0.485. The second-order valence-electron chi connectivity index (χ2n) is 3.22. The Morgan fingerprint density at radius 1 is 1.76 bits per heavy atom. The topological polar surface area (TPSA) is 111 Å². The van der Waals surface area contributed by atoms with Crippen molar-refractivity contribution in [3.8, 4) is 0 Å². The fraction of sp³-hybridized carbons (Fsp3) is 0.500. The van der Waals surface area contributed by atoms with Crippen LogP contribution in [-0.2, 0) is 0 Å². The summed E-state index contributed by atoms with van der Waals surface area (Å²) in [5, 5.41) is 24.7. The summed E-state index contributed by atoms with van der Waals surface area (Å²) in [6.45, 7) is 1.15. The fourth-order valence-electron chi connectivity index (χ4n) is 1.18. The smallest absolute Gasteiger partial charge is 0.268 e. The number of nitro groups is 1. The lowest BCUT2D eigenvalue weighted by Crippen LogP contribution is -2.39. The van der Waals surface area contributed by atoms with Crippen LogP contribution in [0.2, 0.25) is 0 Å². The molecule has 0 aliphatic rings. The summed E-state index contributed by atoms with van der Waals surface area (Å²) in [6, 6.07) is 1.84. The Labute approximate surface area is 98.0 Å². The number of hydrogen-bond donors (Lipinski definition) is 3. The molecule has 1 rings (SSSR count). The first-order valence-corrected chi connectivity index (χ1v) is 4.99. The second-order valence-corrected chi connectivity index (χ2v) is 3.22. The number of nitrogens with one attached hydrogen (secondary N) is 3. The fourth-order valence-corrected chi connectivity index (χ4v) is 1.18. The van der Waals surface area contributed by atoms with E-state index < -0.39 is 5.03 Å². The molecular weight excluding hydrogens is 226 g/mol. The molecule has 94 valence electrons. The Morgan fingerprint density at radius 3 is 3.06 bits per heavy atom. The maximum atomic E-state index is 10.2. The average Bonchev–Trinajstić information content (AvgIpc) is 2.80. The molecule has 0 saturated heterocycles. The molecule has 17 heavy (non-hydrogen) atoms. The molecule has 9 heteroatoms. The Hall–Kier alpha value is -2.32. The number of hydrazone groups is 1. The zero-order valence-corrected chi connectivity index (χ0v) is 9.67. The molecule has 9 nitrogen and oxygen atoms in total. The number of rotatable bonds is 5. The molecule has 0 aromatic carbocycles. The normalized spacial score (nSPS) is 11.1. The monoisotopic (exact) mass is 241 g/mol. The highest BCUT2D eigenvalue weighted by atomic mass is 16.7. The van der Waals surface area contributed by atoms with Gasteiger partial charge in [-0.15, -0.1) is 0 Å². The van der Waals surface area contributed by atoms with Crippen LogP contribution in [0.5, 0.6) is 0 Å². The zero-order valence-electron chi connectivity index (χ0n) is 9.67. The molecule has 0 spiro atoms. The van der Waals surface area contributed by atoms with Gasteiger partial charge in [0, 0.05) is 39.4 Å². The number of guanidine groups is 1. The number of aromatic amines is 1. The third-order valence-corrected chi connectivity index (χ3v) is 2.04. The lowest BCUT2D eigenvalue weighted by Gasteiger charge is -2.16. The van der Waals surface area contributed by atoms with E-state index in [1.165, 1.54) is 0 Å². The van der Waals surface area contributed by atoms with Gasteiger partial charge in [0.1, 0.15) is 10.9 Å². The molecule has 1 aromatic heterocycles. The largest absolute Gasteiger partial charge is 0.356 e. The van der Waals surface area contributed by atoms with Crippen molar-refractivity contribution >= 4 is 11.8 Å². The van der Waals surface area contributed by atoms with Crippen molar-refractivity contribution in [1.29, 1.82) is 0 Å². The number of hydrogen-bond acceptors (Lipinski definition) is 4. The molecule has 0 atom stereocenters. The van der Waals surface area contributed by atoms with Crippen molar-refractivity contribution in [2.75, 3.05) is 32.1 Å². The third-order valence-electron chi connectivity index (χ3n) is 2.04. The number of aromatic nitrogens is 2. The molecule has 1 heterocycles. The van der Waals surface area contributed by atoms with Gasteiger partial charge in [0.25, 0.3) is 5.96 Å². The van der Waals surface area contributed by atoms with E-state index in [-0.39, 0.29) is 5.96 Å². The van der Waals surface area contributed by atoms with Gasteiger partial charge in [-0.2, -0.15) is 5.10 Å². The van der Waals surface area contributed by atoms with Gasteiger partial charge in [0.05, 0.1) is 0 Å². The highest BCUT2D eigenvalue weighted by Gasteiger charge is 2.04. The third kappa shape index (κ3) is 4.36. The number of likely N-dealkylation sites (N-methyl/N-ethyl adjacent to an activating group) is 1. The Bertz CT molecular complexity index is 375. The van der Waals surface area contributed by atoms with E-state index >= 15 is 0 Å². The van der Waals surface area contributed by atoms with Crippen molar-refractivity contribution < 1.29 is 5.03 Å². The van der Waals surface area contributed by atoms with Gasteiger partial charge in [-0.25, -0.2) is 10.1 Å². The first-order chi connectivity index (χ1) is 8.13. The zero-order chi connectivity index (χ0) is 12.7. The summed E-state index contributed by atoms with van der Waals surface area (Å²) in [6.07, 6.45) is 1.73. The van der Waals surface area contributed by atoms with E-state index in [2.05, 4.69) is 25.9 Å². The quantitative estimate of drug-likeness (QED) is 0.269. The predicted molar refractivity (Wildman–Crippen MR) is 63.3 cm³/mol. The first-order valence-electron chi connectivity index (χ1n) is 4.99. The summed E-state index contributed by atoms with van der Waals surface area (Å²) < 4.78 is 0. The van der Waals surface area contributed by atoms with Gasteiger partial charge in [-0.3, -0.25) is 5.10 Å². The maximum Gasteiger partial charge on any atom is 0.268 e. The molecule has 3 N–H and O–H groups in total. The maximum absolute atomic E-state index is 10.2. The van der Waals surface area contributed by atoms with Crippen molar-refractivity contribution in [3.63, 3.8) is 0 Å². The van der Waals surface area contributed by atoms with Crippen molar-refractivity contribution in [1.82, 2.24) is 20.8 Å². The Morgan fingerprint density at radius 2 is 2.53 bits per heavy atom. The first kappa shape index (κ1) is 12.7. The van der Waals surface area contributed by atoms with Crippen LogP contribution in [0.25, 0.3) is 0 Å². The van der Waals surface area contributed by atoms with Crippen LogP contribution in [0.4, 0.5) is 5.82 Å². The van der Waals surface area contributed by atoms with E-state index in [0.717, 1.165) is 5.82 Å². The van der Waals surface area contributed by atoms with E-state index in [4.69, 9.17) is 0 Å². The SMILES string of the molecule is CN/C(=N\[N+](=O)[O-])NCCN(C)c1cc[nH]n1. The van der Waals surface area contributed by atoms with E-state index in [9.17, 15) is 10.1 Å². The Kier molecular flexibility index (Phi) is 4.73. The molecule has 0 unspecified atom stereocenters. The molecule has 0 aliphatic heterocycles. The number of anilines is 1. The van der Waals surface area contributed by atoms with E-state index in [1.54, 1.807) is 13.2 Å². The molecule has 1 aromatic rings. The molecular formula is C8H15N7O2. The minimum Gasteiger partial charge on any atom is -0.356 e. The van der Waals surface area contributed by atoms with Gasteiger partial charge < -0.3 is 15.5 Å². The molecule has 0 radical (unpaired) electrons. The van der Waals surface area contributed by atoms with Crippen molar-refractivity contribution in [2.45, 2.75) is 0 Å². The summed E-state index contributed by atoms with van der Waals surface area (Å²) >= 11 is 0. The van der Waals surface area contributed by atoms with Crippen LogP contribution in [0.1, 0.15) is 0 Å². The molecule has 0 saturated carbocycles. The van der Waals surface area contributed by atoms with Gasteiger partial charge >= 0.3 is 0 Å². The van der Waals surface area contributed by atoms with Gasteiger partial charge in [0.15, 0.2) is 5.03 Å². The molecule has 0 bridgehead atoms.